The quantitative estimate of drug-likeness (QED) is 0.582. The molecule has 0 fully saturated rings. The first-order valence-corrected chi connectivity index (χ1v) is 5.84. The summed E-state index contributed by atoms with van der Waals surface area (Å²) in [5, 5.41) is 3.28. The third-order valence-corrected chi connectivity index (χ3v) is 2.26. The van der Waals surface area contributed by atoms with Crippen molar-refractivity contribution in [3.8, 4) is 11.5 Å². The molecule has 0 bridgehead atoms. The Morgan fingerprint density at radius 3 is 2.59 bits per heavy atom. The molecule has 0 saturated carbocycles. The van der Waals surface area contributed by atoms with Crippen molar-refractivity contribution in [3.05, 3.63) is 35.9 Å². The number of allylic oxidation sites excluding steroid dienone is 1. The highest BCUT2D eigenvalue weighted by Gasteiger charge is 2.00. The molecule has 94 valence electrons. The first-order chi connectivity index (χ1) is 8.24. The van der Waals surface area contributed by atoms with Crippen LogP contribution in [0.4, 0.5) is 0 Å². The normalized spacial score (nSPS) is 9.82. The van der Waals surface area contributed by atoms with Gasteiger partial charge in [-0.25, -0.2) is 0 Å². The van der Waals surface area contributed by atoms with Gasteiger partial charge in [-0.1, -0.05) is 23.8 Å². The first kappa shape index (κ1) is 13.6. The molecule has 0 aliphatic heterocycles. The Labute approximate surface area is 103 Å². The van der Waals surface area contributed by atoms with Crippen molar-refractivity contribution in [1.82, 2.24) is 5.32 Å². The maximum Gasteiger partial charge on any atom is 0.161 e. The van der Waals surface area contributed by atoms with Gasteiger partial charge in [0.15, 0.2) is 11.5 Å². The smallest absolute Gasteiger partial charge is 0.161 e. The van der Waals surface area contributed by atoms with Crippen molar-refractivity contribution in [2.45, 2.75) is 13.8 Å². The lowest BCUT2D eigenvalue weighted by atomic mass is 10.3. The average Bonchev–Trinajstić information content (AvgIpc) is 2.33. The maximum atomic E-state index is 5.63. The molecule has 17 heavy (non-hydrogen) atoms. The van der Waals surface area contributed by atoms with Gasteiger partial charge in [0.05, 0.1) is 7.11 Å². The van der Waals surface area contributed by atoms with E-state index in [4.69, 9.17) is 9.47 Å². The summed E-state index contributed by atoms with van der Waals surface area (Å²) in [6.07, 6.45) is 2.16. The SMILES string of the molecule is COc1ccccc1OCCNCC=C(C)C. The van der Waals surface area contributed by atoms with Gasteiger partial charge < -0.3 is 14.8 Å². The summed E-state index contributed by atoms with van der Waals surface area (Å²) in [4.78, 5) is 0. The summed E-state index contributed by atoms with van der Waals surface area (Å²) >= 11 is 0. The van der Waals surface area contributed by atoms with E-state index < -0.39 is 0 Å². The van der Waals surface area contributed by atoms with Crippen LogP contribution in [-0.2, 0) is 0 Å². The van der Waals surface area contributed by atoms with Crippen molar-refractivity contribution in [3.63, 3.8) is 0 Å². The fraction of sp³-hybridized carbons (Fsp3) is 0.429. The number of methoxy groups -OCH3 is 1. The van der Waals surface area contributed by atoms with E-state index in [1.807, 2.05) is 24.3 Å². The fourth-order valence-corrected chi connectivity index (χ4v) is 1.35. The lowest BCUT2D eigenvalue weighted by Gasteiger charge is -2.10. The molecular formula is C14H21NO2. The summed E-state index contributed by atoms with van der Waals surface area (Å²) in [6.45, 7) is 6.52. The number of hydrogen-bond acceptors (Lipinski definition) is 3. The minimum absolute atomic E-state index is 0.636. The van der Waals surface area contributed by atoms with E-state index in [1.165, 1.54) is 5.57 Å². The summed E-state index contributed by atoms with van der Waals surface area (Å²) < 4.78 is 10.8. The number of benzene rings is 1. The zero-order chi connectivity index (χ0) is 12.5. The van der Waals surface area contributed by atoms with Crippen molar-refractivity contribution in [1.29, 1.82) is 0 Å². The molecule has 0 spiro atoms. The number of rotatable bonds is 7. The molecule has 0 unspecified atom stereocenters. The zero-order valence-corrected chi connectivity index (χ0v) is 10.8. The number of nitrogens with one attached hydrogen (secondary N) is 1. The van der Waals surface area contributed by atoms with Gasteiger partial charge in [0.2, 0.25) is 0 Å². The highest BCUT2D eigenvalue weighted by atomic mass is 16.5. The van der Waals surface area contributed by atoms with Gasteiger partial charge >= 0.3 is 0 Å². The van der Waals surface area contributed by atoms with Gasteiger partial charge in [-0.15, -0.1) is 0 Å². The minimum atomic E-state index is 0.636. The van der Waals surface area contributed by atoms with Crippen LogP contribution in [0.3, 0.4) is 0 Å². The third kappa shape index (κ3) is 5.41. The van der Waals surface area contributed by atoms with Gasteiger partial charge in [0.1, 0.15) is 6.61 Å². The highest BCUT2D eigenvalue weighted by molar-refractivity contribution is 5.39. The van der Waals surface area contributed by atoms with Crippen molar-refractivity contribution in [2.24, 2.45) is 0 Å². The number of hydrogen-bond donors (Lipinski definition) is 1. The maximum absolute atomic E-state index is 5.63. The van der Waals surface area contributed by atoms with Gasteiger partial charge in [-0.3, -0.25) is 0 Å². The topological polar surface area (TPSA) is 30.5 Å². The van der Waals surface area contributed by atoms with Gasteiger partial charge in [0, 0.05) is 13.1 Å². The van der Waals surface area contributed by atoms with Crippen LogP contribution in [-0.4, -0.2) is 26.8 Å². The Balaban J connectivity index is 2.24. The Morgan fingerprint density at radius 2 is 1.94 bits per heavy atom. The van der Waals surface area contributed by atoms with Crippen LogP contribution in [0.1, 0.15) is 13.8 Å². The van der Waals surface area contributed by atoms with Crippen LogP contribution < -0.4 is 14.8 Å². The third-order valence-electron chi connectivity index (χ3n) is 2.26. The molecule has 0 radical (unpaired) electrons. The predicted molar refractivity (Wildman–Crippen MR) is 70.8 cm³/mol. The van der Waals surface area contributed by atoms with Crippen LogP contribution in [0.2, 0.25) is 0 Å². The molecule has 0 saturated heterocycles. The molecule has 0 amide bonds. The van der Waals surface area contributed by atoms with Crippen LogP contribution in [0, 0.1) is 0 Å². The summed E-state index contributed by atoms with van der Waals surface area (Å²) in [5.41, 5.74) is 1.32. The Bertz CT molecular complexity index is 357. The predicted octanol–water partition coefficient (Wildman–Crippen LogP) is 2.63. The summed E-state index contributed by atoms with van der Waals surface area (Å²) in [5.74, 6) is 1.57. The molecule has 3 heteroatoms. The molecule has 1 N–H and O–H groups in total. The molecule has 0 aliphatic rings. The monoisotopic (exact) mass is 235 g/mol. The standard InChI is InChI=1S/C14H21NO2/c1-12(2)8-9-15-10-11-17-14-7-5-4-6-13(14)16-3/h4-8,15H,9-11H2,1-3H3. The van der Waals surface area contributed by atoms with Crippen molar-refractivity contribution in [2.75, 3.05) is 26.8 Å². The molecule has 0 atom stereocenters. The van der Waals surface area contributed by atoms with Gasteiger partial charge in [0.25, 0.3) is 0 Å². The lowest BCUT2D eigenvalue weighted by Crippen LogP contribution is -2.21. The Morgan fingerprint density at radius 1 is 1.24 bits per heavy atom. The highest BCUT2D eigenvalue weighted by Crippen LogP contribution is 2.25. The van der Waals surface area contributed by atoms with Crippen LogP contribution in [0.25, 0.3) is 0 Å². The van der Waals surface area contributed by atoms with E-state index in [0.717, 1.165) is 24.6 Å². The van der Waals surface area contributed by atoms with E-state index in [1.54, 1.807) is 7.11 Å². The second kappa shape index (κ2) is 7.74. The van der Waals surface area contributed by atoms with Crippen LogP contribution in [0.5, 0.6) is 11.5 Å². The molecule has 0 heterocycles. The van der Waals surface area contributed by atoms with E-state index in [9.17, 15) is 0 Å². The zero-order valence-electron chi connectivity index (χ0n) is 10.8. The summed E-state index contributed by atoms with van der Waals surface area (Å²) in [6, 6.07) is 7.67. The molecular weight excluding hydrogens is 214 g/mol. The largest absolute Gasteiger partial charge is 0.493 e. The van der Waals surface area contributed by atoms with Gasteiger partial charge in [-0.05, 0) is 26.0 Å². The molecule has 0 aliphatic carbocycles. The second-order valence-corrected chi connectivity index (χ2v) is 3.98. The minimum Gasteiger partial charge on any atom is -0.493 e. The molecule has 3 nitrogen and oxygen atoms in total. The average molecular weight is 235 g/mol. The molecule has 0 aromatic heterocycles. The lowest BCUT2D eigenvalue weighted by molar-refractivity contribution is 0.294. The molecule has 1 aromatic carbocycles. The molecule has 1 rings (SSSR count). The van der Waals surface area contributed by atoms with Crippen LogP contribution in [0.15, 0.2) is 35.9 Å². The molecule has 1 aromatic rings. The Hall–Kier alpha value is -1.48. The van der Waals surface area contributed by atoms with Crippen LogP contribution >= 0.6 is 0 Å². The summed E-state index contributed by atoms with van der Waals surface area (Å²) in [7, 11) is 1.65. The van der Waals surface area contributed by atoms with Crippen molar-refractivity contribution >= 4 is 0 Å². The second-order valence-electron chi connectivity index (χ2n) is 3.98. The number of para-hydroxylation sites is 2. The first-order valence-electron chi connectivity index (χ1n) is 5.84. The van der Waals surface area contributed by atoms with E-state index in [0.29, 0.717) is 6.61 Å². The Kier molecular flexibility index (Phi) is 6.18. The van der Waals surface area contributed by atoms with E-state index in [-0.39, 0.29) is 0 Å². The van der Waals surface area contributed by atoms with Crippen molar-refractivity contribution < 1.29 is 9.47 Å². The fourth-order valence-electron chi connectivity index (χ4n) is 1.35. The van der Waals surface area contributed by atoms with Gasteiger partial charge in [-0.2, -0.15) is 0 Å². The van der Waals surface area contributed by atoms with E-state index in [2.05, 4.69) is 25.2 Å². The number of ether oxygens (including phenoxy) is 2. The van der Waals surface area contributed by atoms with E-state index >= 15 is 0 Å².